The Bertz CT molecular complexity index is 2770. The van der Waals surface area contributed by atoms with Gasteiger partial charge in [-0.2, -0.15) is 0 Å². The highest BCUT2D eigenvalue weighted by Crippen LogP contribution is 2.31. The molecular weight excluding hydrogens is 1000 g/mol. The first kappa shape index (κ1) is 56.2. The van der Waals surface area contributed by atoms with Crippen LogP contribution in [0, 0.1) is 12.3 Å². The van der Waals surface area contributed by atoms with Crippen molar-refractivity contribution in [2.24, 2.45) is 11.1 Å². The fraction of sp³-hybridized carbons (Fsp3) is 0.536. The molecule has 5 amide bonds. The topological polar surface area (TPSA) is 235 Å². The van der Waals surface area contributed by atoms with Crippen molar-refractivity contribution >= 4 is 69.3 Å². The molecule has 3 aliphatic heterocycles. The van der Waals surface area contributed by atoms with E-state index in [0.717, 1.165) is 89.4 Å². The lowest BCUT2D eigenvalue weighted by Crippen LogP contribution is -2.60. The van der Waals surface area contributed by atoms with Crippen LogP contribution in [0.25, 0.3) is 21.5 Å². The van der Waals surface area contributed by atoms with Crippen molar-refractivity contribution < 1.29 is 29.1 Å². The van der Waals surface area contributed by atoms with Crippen LogP contribution in [0.1, 0.15) is 114 Å². The number of aliphatic hydroxyl groups is 1. The Kier molecular flexibility index (Phi) is 18.8. The number of hydrogen-bond donors (Lipinski definition) is 6. The van der Waals surface area contributed by atoms with Gasteiger partial charge in [0.15, 0.2) is 0 Å². The lowest BCUT2D eigenvalue weighted by molar-refractivity contribution is -0.144. The number of unbranched alkanes of at least 4 members (excludes halogenated alkanes) is 4. The molecule has 0 bridgehead atoms. The molecule has 4 atom stereocenters. The molecule has 5 aromatic rings. The number of nitrogens with zero attached hydrogens (tertiary/aromatic N) is 7. The fourth-order valence-corrected chi connectivity index (χ4v) is 11.5. The average molecular weight is 1080 g/mol. The number of carbonyl (C=O) groups excluding carboxylic acids is 5. The van der Waals surface area contributed by atoms with Crippen molar-refractivity contribution in [1.29, 1.82) is 0 Å². The molecule has 0 saturated carbocycles. The van der Waals surface area contributed by atoms with Gasteiger partial charge in [0.25, 0.3) is 0 Å². The van der Waals surface area contributed by atoms with Gasteiger partial charge >= 0.3 is 0 Å². The summed E-state index contributed by atoms with van der Waals surface area (Å²) in [5.74, 6) is -0.151. The monoisotopic (exact) mass is 1080 g/mol. The number of halogens is 1. The van der Waals surface area contributed by atoms with E-state index in [1.807, 2.05) is 98.9 Å². The number of β-amino-alcohol motifs (C(OH)–C–C–N with tert-alkyl or cyclic N) is 1. The van der Waals surface area contributed by atoms with Crippen LogP contribution in [0.3, 0.4) is 0 Å². The quantitative estimate of drug-likeness (QED) is 0.0446. The van der Waals surface area contributed by atoms with Crippen LogP contribution < -0.4 is 26.6 Å². The second-order valence-electron chi connectivity index (χ2n) is 21.9. The third-order valence-electron chi connectivity index (χ3n) is 15.3. The Hall–Kier alpha value is -5.99. The SMILES string of the molecule is Cc1ncsc1-c1ccc(CNC(=O)[C@@H]2C[C@@H](O)CN2C(=O)C(NC(=O)CCCCCCCC(=O)N2CCN(CCC(NC(=O)C3(N)CCN(c4ncnc5[nH]ccc45)CC3)c3ccc(Cl)cc3)CC2)C(C)(C)C)cc1. The number of aromatic amines is 1. The number of carbonyl (C=O) groups is 5. The molecule has 6 heterocycles. The number of aryl methyl sites for hydroxylation is 1. The van der Waals surface area contributed by atoms with Gasteiger partial charge in [0, 0.05) is 89.4 Å². The number of benzene rings is 2. The number of anilines is 1. The number of likely N-dealkylation sites (tertiary alicyclic amines) is 1. The molecule has 2 aromatic carbocycles. The van der Waals surface area contributed by atoms with Gasteiger partial charge in [-0.15, -0.1) is 11.3 Å². The molecule has 408 valence electrons. The lowest BCUT2D eigenvalue weighted by Gasteiger charge is -2.39. The normalized spacial score (nSPS) is 18.9. The van der Waals surface area contributed by atoms with Gasteiger partial charge in [-0.1, -0.05) is 88.0 Å². The summed E-state index contributed by atoms with van der Waals surface area (Å²) in [6.07, 6.45) is 8.98. The van der Waals surface area contributed by atoms with Crippen molar-refractivity contribution in [2.45, 2.75) is 135 Å². The number of nitrogens with one attached hydrogen (secondary N) is 4. The summed E-state index contributed by atoms with van der Waals surface area (Å²) in [6, 6.07) is 15.4. The first-order valence-electron chi connectivity index (χ1n) is 26.9. The van der Waals surface area contributed by atoms with Crippen LogP contribution in [0.4, 0.5) is 5.82 Å². The zero-order chi connectivity index (χ0) is 54.0. The van der Waals surface area contributed by atoms with Crippen LogP contribution in [0.5, 0.6) is 0 Å². The van der Waals surface area contributed by atoms with Crippen LogP contribution in [-0.2, 0) is 30.5 Å². The number of rotatable bonds is 21. The second kappa shape index (κ2) is 25.4. The number of amides is 5. The van der Waals surface area contributed by atoms with E-state index in [0.29, 0.717) is 63.3 Å². The van der Waals surface area contributed by atoms with E-state index in [1.165, 1.54) is 4.90 Å². The minimum atomic E-state index is -1.03. The van der Waals surface area contributed by atoms with Gasteiger partial charge in [-0.05, 0) is 79.3 Å². The van der Waals surface area contributed by atoms with Crippen molar-refractivity contribution in [3.05, 3.63) is 94.5 Å². The summed E-state index contributed by atoms with van der Waals surface area (Å²) in [6.45, 7) is 12.6. The third kappa shape index (κ3) is 14.3. The molecule has 3 fully saturated rings. The van der Waals surface area contributed by atoms with Gasteiger partial charge < -0.3 is 46.5 Å². The highest BCUT2D eigenvalue weighted by Gasteiger charge is 2.45. The number of aliphatic hydroxyl groups excluding tert-OH is 1. The summed E-state index contributed by atoms with van der Waals surface area (Å²) < 4.78 is 0. The lowest BCUT2D eigenvalue weighted by atomic mass is 9.85. The fourth-order valence-electron chi connectivity index (χ4n) is 10.6. The van der Waals surface area contributed by atoms with Crippen LogP contribution >= 0.6 is 22.9 Å². The first-order valence-corrected chi connectivity index (χ1v) is 28.1. The Morgan fingerprint density at radius 1 is 0.882 bits per heavy atom. The largest absolute Gasteiger partial charge is 0.391 e. The molecule has 3 saturated heterocycles. The average Bonchev–Trinajstić information content (AvgIpc) is 4.18. The number of piperazine rings is 1. The van der Waals surface area contributed by atoms with E-state index in [1.54, 1.807) is 17.7 Å². The summed E-state index contributed by atoms with van der Waals surface area (Å²) >= 11 is 7.83. The molecule has 0 spiro atoms. The molecule has 2 unspecified atom stereocenters. The molecule has 7 N–H and O–H groups in total. The summed E-state index contributed by atoms with van der Waals surface area (Å²) in [7, 11) is 0. The maximum Gasteiger partial charge on any atom is 0.246 e. The minimum absolute atomic E-state index is 0.0121. The van der Waals surface area contributed by atoms with Gasteiger partial charge in [0.1, 0.15) is 29.9 Å². The van der Waals surface area contributed by atoms with E-state index in [9.17, 15) is 29.1 Å². The summed E-state index contributed by atoms with van der Waals surface area (Å²) in [5, 5.41) is 21.4. The van der Waals surface area contributed by atoms with Crippen molar-refractivity contribution in [2.75, 3.05) is 57.3 Å². The predicted molar refractivity (Wildman–Crippen MR) is 296 cm³/mol. The Morgan fingerprint density at radius 2 is 1.58 bits per heavy atom. The Morgan fingerprint density at radius 3 is 2.26 bits per heavy atom. The van der Waals surface area contributed by atoms with Gasteiger partial charge in [-0.3, -0.25) is 28.9 Å². The summed E-state index contributed by atoms with van der Waals surface area (Å²) in [4.78, 5) is 93.4. The number of nitrogens with two attached hydrogens (primary N) is 1. The van der Waals surface area contributed by atoms with Crippen molar-refractivity contribution in [1.82, 2.24) is 50.6 Å². The number of piperidine rings is 1. The van der Waals surface area contributed by atoms with E-state index in [2.05, 4.69) is 45.7 Å². The molecule has 3 aliphatic rings. The van der Waals surface area contributed by atoms with Gasteiger partial charge in [0.2, 0.25) is 29.5 Å². The minimum Gasteiger partial charge on any atom is -0.391 e. The van der Waals surface area contributed by atoms with E-state index in [4.69, 9.17) is 17.3 Å². The van der Waals surface area contributed by atoms with Crippen LogP contribution in [-0.4, -0.2) is 145 Å². The number of H-pyrrole nitrogens is 1. The highest BCUT2D eigenvalue weighted by atomic mass is 35.5. The third-order valence-corrected chi connectivity index (χ3v) is 16.5. The number of thiazole rings is 1. The number of hydrogen-bond acceptors (Lipinski definition) is 13. The molecule has 20 heteroatoms. The van der Waals surface area contributed by atoms with E-state index >= 15 is 0 Å². The smallest absolute Gasteiger partial charge is 0.246 e. The number of aromatic nitrogens is 4. The Labute approximate surface area is 454 Å². The molecule has 76 heavy (non-hydrogen) atoms. The molecule has 8 rings (SSSR count). The van der Waals surface area contributed by atoms with Crippen LogP contribution in [0.15, 0.2) is 72.6 Å². The maximum absolute atomic E-state index is 14.1. The molecule has 3 aromatic heterocycles. The van der Waals surface area contributed by atoms with Gasteiger partial charge in [0.05, 0.1) is 39.2 Å². The van der Waals surface area contributed by atoms with Crippen LogP contribution in [0.2, 0.25) is 5.02 Å². The van der Waals surface area contributed by atoms with Crippen molar-refractivity contribution in [3.63, 3.8) is 0 Å². The summed E-state index contributed by atoms with van der Waals surface area (Å²) in [5.41, 5.74) is 11.7. The zero-order valence-corrected chi connectivity index (χ0v) is 45.9. The molecule has 0 radical (unpaired) electrons. The second-order valence-corrected chi connectivity index (χ2v) is 23.2. The molecule has 0 aliphatic carbocycles. The zero-order valence-electron chi connectivity index (χ0n) is 44.4. The molecule has 18 nitrogen and oxygen atoms in total. The van der Waals surface area contributed by atoms with E-state index in [-0.39, 0.29) is 61.5 Å². The predicted octanol–water partition coefficient (Wildman–Crippen LogP) is 6.27. The van der Waals surface area contributed by atoms with Gasteiger partial charge in [-0.25, -0.2) is 15.0 Å². The molecular formula is C56H75ClN12O6S. The van der Waals surface area contributed by atoms with Crippen molar-refractivity contribution in [3.8, 4) is 10.4 Å². The first-order chi connectivity index (χ1) is 36.5. The highest BCUT2D eigenvalue weighted by molar-refractivity contribution is 7.13. The Balaban J connectivity index is 0.714. The number of fused-ring (bicyclic) bond motifs is 1. The maximum atomic E-state index is 14.1. The van der Waals surface area contributed by atoms with E-state index < -0.39 is 29.1 Å². The standard InChI is InChI=1S/C56H75ClN12O6S/c1-37-48(76-36-63-37)40-14-12-38(13-15-40)33-60-52(73)45-32-42(70)34-69(45)53(74)49(55(2,3)4)65-46(71)10-8-6-5-7-9-11-47(72)67-30-28-66(29-31-67)25-21-44(39-16-18-41(57)19-17-39)64-54(75)56(58)22-26-68(27-23-56)51-43-20-24-59-50(43)61-35-62-51/h12-20,24,35-36,42,44-45,49,70H,5-11,21-23,25-34,58H2,1-4H3,(H,60,73)(H,64,75)(H,65,71)(H,59,61,62)/t42-,44?,45+,49?/m1/s1.